The molecular weight excluding hydrogens is 631 g/mol. The molecule has 4 aromatic rings. The minimum atomic E-state index is -2.20. The Labute approximate surface area is 292 Å². The van der Waals surface area contributed by atoms with E-state index in [0.717, 1.165) is 62.0 Å². The van der Waals surface area contributed by atoms with Gasteiger partial charge in [0.2, 0.25) is 5.56 Å². The zero-order valence-corrected chi connectivity index (χ0v) is 31.0. The second-order valence-electron chi connectivity index (χ2n) is 15.0. The van der Waals surface area contributed by atoms with Gasteiger partial charge in [-0.15, -0.1) is 0 Å². The average molecular weight is 686 g/mol. The van der Waals surface area contributed by atoms with Crippen LogP contribution in [0.25, 0.3) is 10.9 Å². The van der Waals surface area contributed by atoms with Crippen molar-refractivity contribution in [1.82, 2.24) is 15.2 Å². The minimum absolute atomic E-state index is 0.00567. The smallest absolute Gasteiger partial charge is 0.248 e. The van der Waals surface area contributed by atoms with Crippen LogP contribution in [-0.2, 0) is 22.4 Å². The molecule has 1 atom stereocenters. The number of pyridine rings is 1. The minimum Gasteiger partial charge on any atom is -0.487 e. The van der Waals surface area contributed by atoms with E-state index in [-0.39, 0.29) is 16.7 Å². The number of aromatic amines is 1. The molecule has 1 fully saturated rings. The van der Waals surface area contributed by atoms with Gasteiger partial charge in [0.15, 0.2) is 8.32 Å². The second-order valence-corrected chi connectivity index (χ2v) is 19.8. The van der Waals surface area contributed by atoms with Gasteiger partial charge in [0.25, 0.3) is 0 Å². The van der Waals surface area contributed by atoms with Gasteiger partial charge in [-0.25, -0.2) is 0 Å². The Morgan fingerprint density at radius 2 is 1.57 bits per heavy atom. The number of nitrogens with one attached hydrogen (secondary N) is 2. The molecule has 1 aromatic heterocycles. The summed E-state index contributed by atoms with van der Waals surface area (Å²) in [5.74, 6) is 0.628. The van der Waals surface area contributed by atoms with Crippen LogP contribution in [-0.4, -0.2) is 68.2 Å². The topological polar surface area (TPSA) is 96.0 Å². The van der Waals surface area contributed by atoms with E-state index in [0.29, 0.717) is 37.6 Å². The van der Waals surface area contributed by atoms with Gasteiger partial charge < -0.3 is 34.2 Å². The molecule has 3 N–H and O–H groups in total. The number of nitrogens with zero attached hydrogens (tertiary/aromatic N) is 1. The molecule has 0 saturated carbocycles. The highest BCUT2D eigenvalue weighted by molar-refractivity contribution is 6.74. The number of ether oxygens (including phenoxy) is 2. The molecule has 3 aromatic carbocycles. The number of benzene rings is 3. The highest BCUT2D eigenvalue weighted by Gasteiger charge is 2.40. The summed E-state index contributed by atoms with van der Waals surface area (Å²) in [6.45, 7) is 16.8. The van der Waals surface area contributed by atoms with E-state index >= 15 is 0 Å². The van der Waals surface area contributed by atoms with Crippen molar-refractivity contribution in [3.63, 3.8) is 0 Å². The van der Waals surface area contributed by atoms with Crippen LogP contribution in [0.3, 0.4) is 0 Å². The van der Waals surface area contributed by atoms with Gasteiger partial charge in [-0.1, -0.05) is 87.5 Å². The van der Waals surface area contributed by atoms with Crippen LogP contribution in [0, 0.1) is 0 Å². The predicted octanol–water partition coefficient (Wildman–Crippen LogP) is 7.19. The van der Waals surface area contributed by atoms with Gasteiger partial charge in [0.1, 0.15) is 12.4 Å². The fourth-order valence-electron chi connectivity index (χ4n) is 6.09. The first-order valence-corrected chi connectivity index (χ1v) is 20.6. The third-order valence-corrected chi connectivity index (χ3v) is 14.6. The molecule has 0 radical (unpaired) electrons. The molecule has 0 aliphatic carbocycles. The van der Waals surface area contributed by atoms with E-state index in [4.69, 9.17) is 13.9 Å². The van der Waals surface area contributed by atoms with E-state index in [1.54, 1.807) is 6.07 Å². The summed E-state index contributed by atoms with van der Waals surface area (Å²) >= 11 is 0. The van der Waals surface area contributed by atoms with Gasteiger partial charge >= 0.3 is 0 Å². The number of H-pyrrole nitrogens is 1. The summed E-state index contributed by atoms with van der Waals surface area (Å²) in [5.41, 5.74) is 2.96. The van der Waals surface area contributed by atoms with Crippen LogP contribution in [0.5, 0.6) is 5.75 Å². The maximum absolute atomic E-state index is 12.5. The third kappa shape index (κ3) is 10.4. The normalized spacial score (nSPS) is 16.1. The average Bonchev–Trinajstić information content (AvgIpc) is 3.08. The molecule has 1 aliphatic heterocycles. The first-order valence-electron chi connectivity index (χ1n) is 17.7. The van der Waals surface area contributed by atoms with Crippen molar-refractivity contribution >= 4 is 19.2 Å². The number of aliphatic hydroxyl groups is 1. The molecule has 5 rings (SSSR count). The van der Waals surface area contributed by atoms with Crippen LogP contribution < -0.4 is 15.6 Å². The zero-order valence-electron chi connectivity index (χ0n) is 30.0. The van der Waals surface area contributed by atoms with Crippen molar-refractivity contribution in [2.75, 3.05) is 39.3 Å². The molecule has 264 valence electrons. The summed E-state index contributed by atoms with van der Waals surface area (Å²) in [4.78, 5) is 18.0. The molecule has 1 unspecified atom stereocenters. The van der Waals surface area contributed by atoms with Crippen LogP contribution >= 0.6 is 0 Å². The molecule has 2 heterocycles. The molecule has 8 nitrogen and oxygen atoms in total. The monoisotopic (exact) mass is 685 g/mol. The SMILES string of the molecule is CC(C)(C)[Si](C)(C)OC(CNCC1(O)CCN(CCCOCc2ccccc2)CC1)c1ccc(OCc2ccccc2)c2[nH]c(=O)ccc12. The highest BCUT2D eigenvalue weighted by Crippen LogP contribution is 2.41. The van der Waals surface area contributed by atoms with Crippen molar-refractivity contribution < 1.29 is 19.0 Å². The number of aromatic nitrogens is 1. The van der Waals surface area contributed by atoms with Gasteiger partial charge in [-0.2, -0.15) is 0 Å². The summed E-state index contributed by atoms with van der Waals surface area (Å²) in [6.07, 6.45) is 2.13. The Kier molecular flexibility index (Phi) is 12.5. The van der Waals surface area contributed by atoms with Gasteiger partial charge in [-0.3, -0.25) is 4.79 Å². The van der Waals surface area contributed by atoms with Crippen LogP contribution in [0.1, 0.15) is 62.8 Å². The molecular formula is C40H55N3O5Si. The second kappa shape index (κ2) is 16.6. The number of hydrogen-bond donors (Lipinski definition) is 3. The Hall–Kier alpha value is -3.31. The fraction of sp³-hybridized carbons (Fsp3) is 0.475. The lowest BCUT2D eigenvalue weighted by Crippen LogP contribution is -2.51. The Balaban J connectivity index is 1.22. The summed E-state index contributed by atoms with van der Waals surface area (Å²) < 4.78 is 19.2. The first kappa shape index (κ1) is 37.0. The molecule has 1 saturated heterocycles. The summed E-state index contributed by atoms with van der Waals surface area (Å²) in [6, 6.07) is 27.7. The lowest BCUT2D eigenvalue weighted by Gasteiger charge is -2.41. The largest absolute Gasteiger partial charge is 0.487 e. The van der Waals surface area contributed by atoms with E-state index in [2.05, 4.69) is 67.3 Å². The highest BCUT2D eigenvalue weighted by atomic mass is 28.4. The summed E-state index contributed by atoms with van der Waals surface area (Å²) in [7, 11) is -2.20. The van der Waals surface area contributed by atoms with Crippen molar-refractivity contribution in [3.05, 3.63) is 112 Å². The van der Waals surface area contributed by atoms with Crippen LogP contribution in [0.4, 0.5) is 0 Å². The van der Waals surface area contributed by atoms with Crippen molar-refractivity contribution in [1.29, 1.82) is 0 Å². The molecule has 0 bridgehead atoms. The molecule has 0 amide bonds. The lowest BCUT2D eigenvalue weighted by atomic mass is 9.91. The Morgan fingerprint density at radius 3 is 2.22 bits per heavy atom. The number of likely N-dealkylation sites (tertiary alicyclic amines) is 1. The fourth-order valence-corrected chi connectivity index (χ4v) is 7.37. The number of hydrogen-bond acceptors (Lipinski definition) is 7. The van der Waals surface area contributed by atoms with Crippen LogP contribution in [0.2, 0.25) is 18.1 Å². The van der Waals surface area contributed by atoms with Crippen molar-refractivity contribution in [2.45, 2.75) is 83.1 Å². The molecule has 9 heteroatoms. The van der Waals surface area contributed by atoms with Gasteiger partial charge in [-0.05, 0) is 66.2 Å². The predicted molar refractivity (Wildman–Crippen MR) is 201 cm³/mol. The van der Waals surface area contributed by atoms with Gasteiger partial charge in [0.05, 0.1) is 23.8 Å². The Morgan fingerprint density at radius 1 is 0.918 bits per heavy atom. The quantitative estimate of drug-likeness (QED) is 0.0849. The van der Waals surface area contributed by atoms with Crippen molar-refractivity contribution in [2.24, 2.45) is 0 Å². The maximum atomic E-state index is 12.5. The van der Waals surface area contributed by atoms with Crippen LogP contribution in [0.15, 0.2) is 89.7 Å². The maximum Gasteiger partial charge on any atom is 0.248 e. The number of rotatable bonds is 16. The lowest BCUT2D eigenvalue weighted by molar-refractivity contribution is -0.0228. The standard InChI is InChI=1S/C40H55N3O5Si/c1-39(2,3)49(4,5)48-36(33-17-19-35(38-34(33)18-20-37(44)42-38)47-29-32-15-10-7-11-16-32)27-41-30-40(45)21-24-43(25-22-40)23-12-26-46-28-31-13-8-6-9-14-31/h6-11,13-20,36,41,45H,12,21-30H2,1-5H3,(H,42,44). The van der Waals surface area contributed by atoms with E-state index in [1.807, 2.05) is 60.7 Å². The van der Waals surface area contributed by atoms with E-state index in [9.17, 15) is 9.90 Å². The third-order valence-electron chi connectivity index (χ3n) is 10.2. The Bertz CT molecular complexity index is 1660. The number of fused-ring (bicyclic) bond motifs is 1. The zero-order chi connectivity index (χ0) is 34.9. The van der Waals surface area contributed by atoms with Crippen molar-refractivity contribution in [3.8, 4) is 5.75 Å². The number of piperidine rings is 1. The van der Waals surface area contributed by atoms with E-state index in [1.165, 1.54) is 5.56 Å². The molecule has 0 spiro atoms. The first-order chi connectivity index (χ1) is 23.4. The molecule has 1 aliphatic rings. The van der Waals surface area contributed by atoms with Gasteiger partial charge in [0, 0.05) is 50.8 Å². The van der Waals surface area contributed by atoms with E-state index < -0.39 is 13.9 Å². The molecule has 49 heavy (non-hydrogen) atoms. The summed E-state index contributed by atoms with van der Waals surface area (Å²) in [5, 5.41) is 16.1.